The highest BCUT2D eigenvalue weighted by Gasteiger charge is 2.18. The van der Waals surface area contributed by atoms with Crippen molar-refractivity contribution in [1.29, 1.82) is 0 Å². The lowest BCUT2D eigenvalue weighted by Crippen LogP contribution is -2.36. The molecule has 1 atom stereocenters. The molecule has 1 aromatic rings. The van der Waals surface area contributed by atoms with Crippen molar-refractivity contribution < 1.29 is 9.90 Å². The molecule has 1 aromatic heterocycles. The fourth-order valence-electron chi connectivity index (χ4n) is 2.50. The van der Waals surface area contributed by atoms with Crippen LogP contribution in [-0.2, 0) is 6.54 Å². The van der Waals surface area contributed by atoms with E-state index in [1.807, 2.05) is 0 Å². The van der Waals surface area contributed by atoms with Gasteiger partial charge in [-0.1, -0.05) is 0 Å². The lowest BCUT2D eigenvalue weighted by Gasteiger charge is -2.30. The first kappa shape index (κ1) is 12.8. The molecule has 5 heteroatoms. The van der Waals surface area contributed by atoms with Crippen molar-refractivity contribution in [2.24, 2.45) is 5.92 Å². The lowest BCUT2D eigenvalue weighted by atomic mass is 9.98. The van der Waals surface area contributed by atoms with Gasteiger partial charge in [0, 0.05) is 25.4 Å². The topological polar surface area (TPSA) is 62.5 Å². The minimum atomic E-state index is -0.996. The monoisotopic (exact) mass is 250 g/mol. The third-order valence-electron chi connectivity index (χ3n) is 3.41. The number of carboxylic acids is 1. The highest BCUT2D eigenvalue weighted by molar-refractivity contribution is 5.87. The first-order valence-electron chi connectivity index (χ1n) is 6.18. The van der Waals surface area contributed by atoms with Crippen molar-refractivity contribution in [1.82, 2.24) is 9.47 Å². The quantitative estimate of drug-likeness (QED) is 0.865. The van der Waals surface area contributed by atoms with E-state index in [4.69, 9.17) is 5.11 Å². The SMILES string of the molecule is CN1CCCC(Cn2cc(C(=O)O)ccc2=O)C1. The van der Waals surface area contributed by atoms with Gasteiger partial charge in [-0.25, -0.2) is 4.79 Å². The van der Waals surface area contributed by atoms with Crippen LogP contribution in [0.5, 0.6) is 0 Å². The molecule has 0 aliphatic carbocycles. The Balaban J connectivity index is 2.15. The molecule has 0 bridgehead atoms. The maximum atomic E-state index is 11.7. The molecule has 98 valence electrons. The molecule has 1 unspecified atom stereocenters. The second kappa shape index (κ2) is 5.35. The number of piperidine rings is 1. The van der Waals surface area contributed by atoms with Crippen molar-refractivity contribution in [3.63, 3.8) is 0 Å². The summed E-state index contributed by atoms with van der Waals surface area (Å²) in [5.74, 6) is -0.574. The zero-order valence-corrected chi connectivity index (χ0v) is 10.5. The van der Waals surface area contributed by atoms with Crippen LogP contribution in [0.1, 0.15) is 23.2 Å². The third-order valence-corrected chi connectivity index (χ3v) is 3.41. The molecule has 1 N–H and O–H groups in total. The molecule has 0 aromatic carbocycles. The zero-order valence-electron chi connectivity index (χ0n) is 10.5. The summed E-state index contributed by atoms with van der Waals surface area (Å²) in [5, 5.41) is 8.92. The predicted molar refractivity (Wildman–Crippen MR) is 67.9 cm³/mol. The maximum absolute atomic E-state index is 11.7. The number of hydrogen-bond acceptors (Lipinski definition) is 3. The Hall–Kier alpha value is -1.62. The fraction of sp³-hybridized carbons (Fsp3) is 0.538. The number of carbonyl (C=O) groups is 1. The summed E-state index contributed by atoms with van der Waals surface area (Å²) < 4.78 is 1.52. The van der Waals surface area contributed by atoms with E-state index >= 15 is 0 Å². The van der Waals surface area contributed by atoms with Crippen LogP contribution in [0.3, 0.4) is 0 Å². The van der Waals surface area contributed by atoms with Gasteiger partial charge in [-0.3, -0.25) is 4.79 Å². The van der Waals surface area contributed by atoms with Crippen LogP contribution in [-0.4, -0.2) is 40.7 Å². The number of aromatic carboxylic acids is 1. The van der Waals surface area contributed by atoms with E-state index in [1.54, 1.807) is 0 Å². The standard InChI is InChI=1S/C13H18N2O3/c1-14-6-2-3-10(7-14)8-15-9-11(13(17)18)4-5-12(15)16/h4-5,9-10H,2-3,6-8H2,1H3,(H,17,18). The van der Waals surface area contributed by atoms with Gasteiger partial charge in [0.2, 0.25) is 0 Å². The minimum absolute atomic E-state index is 0.131. The Labute approximate surface area is 106 Å². The molecule has 18 heavy (non-hydrogen) atoms. The number of carboxylic acid groups (broad SMARTS) is 1. The van der Waals surface area contributed by atoms with E-state index in [-0.39, 0.29) is 11.1 Å². The van der Waals surface area contributed by atoms with E-state index in [2.05, 4.69) is 11.9 Å². The molecule has 2 rings (SSSR count). The van der Waals surface area contributed by atoms with Crippen LogP contribution in [0.15, 0.2) is 23.1 Å². The first-order valence-corrected chi connectivity index (χ1v) is 6.18. The number of pyridine rings is 1. The average molecular weight is 250 g/mol. The van der Waals surface area contributed by atoms with E-state index in [9.17, 15) is 9.59 Å². The molecule has 1 fully saturated rings. The first-order chi connectivity index (χ1) is 8.56. The minimum Gasteiger partial charge on any atom is -0.478 e. The molecule has 1 aliphatic heterocycles. The van der Waals surface area contributed by atoms with Crippen LogP contribution in [0, 0.1) is 5.92 Å². The van der Waals surface area contributed by atoms with Crippen LogP contribution in [0.25, 0.3) is 0 Å². The van der Waals surface area contributed by atoms with Crippen molar-refractivity contribution in [2.45, 2.75) is 19.4 Å². The summed E-state index contributed by atoms with van der Waals surface area (Å²) in [4.78, 5) is 24.8. The zero-order chi connectivity index (χ0) is 13.1. The fourth-order valence-corrected chi connectivity index (χ4v) is 2.50. The van der Waals surface area contributed by atoms with Crippen molar-refractivity contribution in [3.05, 3.63) is 34.2 Å². The molecule has 2 heterocycles. The summed E-state index contributed by atoms with van der Waals surface area (Å²) in [6.07, 6.45) is 3.67. The Morgan fingerprint density at radius 1 is 1.50 bits per heavy atom. The van der Waals surface area contributed by atoms with Gasteiger partial charge in [0.1, 0.15) is 0 Å². The van der Waals surface area contributed by atoms with Gasteiger partial charge in [0.15, 0.2) is 0 Å². The molecule has 1 aliphatic rings. The van der Waals surface area contributed by atoms with Gasteiger partial charge in [0.05, 0.1) is 5.56 Å². The largest absolute Gasteiger partial charge is 0.478 e. The number of rotatable bonds is 3. The molecule has 0 radical (unpaired) electrons. The number of nitrogens with zero attached hydrogens (tertiary/aromatic N) is 2. The smallest absolute Gasteiger partial charge is 0.337 e. The summed E-state index contributed by atoms with van der Waals surface area (Å²) in [5.41, 5.74) is 0.0343. The summed E-state index contributed by atoms with van der Waals surface area (Å²) in [6.45, 7) is 2.66. The Bertz CT molecular complexity index is 495. The Morgan fingerprint density at radius 2 is 2.28 bits per heavy atom. The maximum Gasteiger partial charge on any atom is 0.337 e. The summed E-state index contributed by atoms with van der Waals surface area (Å²) in [6, 6.07) is 2.68. The van der Waals surface area contributed by atoms with Crippen LogP contribution in [0.4, 0.5) is 0 Å². The van der Waals surface area contributed by atoms with Gasteiger partial charge in [-0.15, -0.1) is 0 Å². The molecule has 0 saturated carbocycles. The molecular weight excluding hydrogens is 232 g/mol. The van der Waals surface area contributed by atoms with Gasteiger partial charge in [-0.05, 0) is 38.4 Å². The number of hydrogen-bond donors (Lipinski definition) is 1. The van der Waals surface area contributed by atoms with Crippen molar-refractivity contribution in [3.8, 4) is 0 Å². The van der Waals surface area contributed by atoms with Crippen molar-refractivity contribution in [2.75, 3.05) is 20.1 Å². The Morgan fingerprint density at radius 3 is 2.94 bits per heavy atom. The van der Waals surface area contributed by atoms with E-state index in [1.165, 1.54) is 22.9 Å². The van der Waals surface area contributed by atoms with Gasteiger partial charge >= 0.3 is 5.97 Å². The van der Waals surface area contributed by atoms with Crippen LogP contribution in [0.2, 0.25) is 0 Å². The van der Waals surface area contributed by atoms with Gasteiger partial charge in [0.25, 0.3) is 5.56 Å². The van der Waals surface area contributed by atoms with Gasteiger partial charge in [-0.2, -0.15) is 0 Å². The molecule has 0 spiro atoms. The second-order valence-electron chi connectivity index (χ2n) is 4.98. The number of aromatic nitrogens is 1. The van der Waals surface area contributed by atoms with Crippen molar-refractivity contribution >= 4 is 5.97 Å². The molecule has 5 nitrogen and oxygen atoms in total. The summed E-state index contributed by atoms with van der Waals surface area (Å²) in [7, 11) is 2.07. The third kappa shape index (κ3) is 2.98. The van der Waals surface area contributed by atoms with Gasteiger partial charge < -0.3 is 14.6 Å². The lowest BCUT2D eigenvalue weighted by molar-refractivity contribution is 0.0695. The van der Waals surface area contributed by atoms with E-state index in [0.717, 1.165) is 25.9 Å². The van der Waals surface area contributed by atoms with E-state index < -0.39 is 5.97 Å². The average Bonchev–Trinajstić information content (AvgIpc) is 2.31. The van der Waals surface area contributed by atoms with Crippen LogP contribution >= 0.6 is 0 Å². The normalized spacial score (nSPS) is 20.8. The molecular formula is C13H18N2O3. The highest BCUT2D eigenvalue weighted by Crippen LogP contribution is 2.16. The predicted octanol–water partition coefficient (Wildman–Crippen LogP) is 0.888. The van der Waals surface area contributed by atoms with Crippen LogP contribution < -0.4 is 5.56 Å². The number of likely N-dealkylation sites (tertiary alicyclic amines) is 1. The summed E-state index contributed by atoms with van der Waals surface area (Å²) >= 11 is 0. The highest BCUT2D eigenvalue weighted by atomic mass is 16.4. The molecule has 0 amide bonds. The van der Waals surface area contributed by atoms with E-state index in [0.29, 0.717) is 12.5 Å². The second-order valence-corrected chi connectivity index (χ2v) is 4.98. The molecule has 1 saturated heterocycles. The Kier molecular flexibility index (Phi) is 3.81.